The Balaban J connectivity index is 2.16. The Hall–Kier alpha value is -2.34. The summed E-state index contributed by atoms with van der Waals surface area (Å²) >= 11 is 3.54. The van der Waals surface area contributed by atoms with Crippen molar-refractivity contribution < 1.29 is 9.47 Å². The van der Waals surface area contributed by atoms with E-state index in [9.17, 15) is 0 Å². The normalized spacial score (nSPS) is 12.1. The summed E-state index contributed by atoms with van der Waals surface area (Å²) in [5.74, 6) is 2.97. The van der Waals surface area contributed by atoms with E-state index in [0.29, 0.717) is 5.75 Å². The first-order chi connectivity index (χ1) is 13.5. The number of fused-ring (bicyclic) bond motifs is 1. The quantitative estimate of drug-likeness (QED) is 0.496. The van der Waals surface area contributed by atoms with Crippen molar-refractivity contribution in [2.24, 2.45) is 0 Å². The number of anilines is 1. The molecule has 3 rings (SSSR count). The van der Waals surface area contributed by atoms with Gasteiger partial charge in [-0.3, -0.25) is 0 Å². The van der Waals surface area contributed by atoms with Gasteiger partial charge in [0.05, 0.1) is 25.8 Å². The molecule has 1 atom stereocenters. The number of halogens is 1. The molecule has 0 aliphatic heterocycles. The van der Waals surface area contributed by atoms with Crippen LogP contribution in [-0.4, -0.2) is 24.2 Å². The fourth-order valence-corrected chi connectivity index (χ4v) is 3.85. The maximum Gasteiger partial charge on any atom is 0.166 e. The van der Waals surface area contributed by atoms with E-state index in [1.54, 1.807) is 14.2 Å². The summed E-state index contributed by atoms with van der Waals surface area (Å²) in [5, 5.41) is 4.50. The zero-order valence-electron chi connectivity index (χ0n) is 17.0. The van der Waals surface area contributed by atoms with Crippen LogP contribution < -0.4 is 14.8 Å². The molecule has 0 amide bonds. The van der Waals surface area contributed by atoms with E-state index in [-0.39, 0.29) is 6.04 Å². The zero-order chi connectivity index (χ0) is 20.3. The molecule has 0 aliphatic rings. The van der Waals surface area contributed by atoms with Gasteiger partial charge in [0, 0.05) is 15.4 Å². The number of aromatic nitrogens is 2. The third-order valence-corrected chi connectivity index (χ3v) is 5.24. The Morgan fingerprint density at radius 3 is 2.57 bits per heavy atom. The van der Waals surface area contributed by atoms with Crippen LogP contribution in [0.3, 0.4) is 0 Å². The molecule has 1 aromatic heterocycles. The molecular weight excluding hydrogens is 418 g/mol. The topological polar surface area (TPSA) is 56.3 Å². The highest BCUT2D eigenvalue weighted by Gasteiger charge is 2.20. The highest BCUT2D eigenvalue weighted by molar-refractivity contribution is 9.10. The Labute approximate surface area is 174 Å². The molecule has 0 radical (unpaired) electrons. The summed E-state index contributed by atoms with van der Waals surface area (Å²) in [4.78, 5) is 9.43. The number of nitrogens with zero attached hydrogens (tertiary/aromatic N) is 2. The van der Waals surface area contributed by atoms with Crippen LogP contribution in [0.1, 0.15) is 43.3 Å². The van der Waals surface area contributed by atoms with Crippen LogP contribution in [0.25, 0.3) is 10.9 Å². The minimum Gasteiger partial charge on any atom is -0.493 e. The number of methoxy groups -OCH3 is 2. The lowest BCUT2D eigenvalue weighted by atomic mass is 10.0. The summed E-state index contributed by atoms with van der Waals surface area (Å²) in [5.41, 5.74) is 3.15. The van der Waals surface area contributed by atoms with Crippen LogP contribution >= 0.6 is 15.9 Å². The van der Waals surface area contributed by atoms with Crippen LogP contribution in [0, 0.1) is 6.92 Å². The summed E-state index contributed by atoms with van der Waals surface area (Å²) in [7, 11) is 3.33. The average Bonchev–Trinajstić information content (AvgIpc) is 2.68. The van der Waals surface area contributed by atoms with E-state index in [4.69, 9.17) is 19.4 Å². The van der Waals surface area contributed by atoms with Crippen molar-refractivity contribution in [1.82, 2.24) is 9.97 Å². The summed E-state index contributed by atoms with van der Waals surface area (Å²) in [6.07, 6.45) is 1.84. The molecule has 5 nitrogen and oxygen atoms in total. The van der Waals surface area contributed by atoms with Crippen LogP contribution in [0.5, 0.6) is 11.5 Å². The van der Waals surface area contributed by atoms with Gasteiger partial charge in [0.2, 0.25) is 0 Å². The van der Waals surface area contributed by atoms with Crippen LogP contribution in [0.2, 0.25) is 0 Å². The van der Waals surface area contributed by atoms with Gasteiger partial charge in [-0.05, 0) is 44.0 Å². The van der Waals surface area contributed by atoms with Gasteiger partial charge < -0.3 is 14.8 Å². The monoisotopic (exact) mass is 443 g/mol. The number of nitrogens with one attached hydrogen (secondary N) is 1. The lowest BCUT2D eigenvalue weighted by Gasteiger charge is -2.20. The third-order valence-electron chi connectivity index (χ3n) is 4.74. The Kier molecular flexibility index (Phi) is 6.39. The van der Waals surface area contributed by atoms with Crippen molar-refractivity contribution in [3.05, 3.63) is 51.8 Å². The minimum absolute atomic E-state index is 0.0812. The molecule has 2 aromatic carbocycles. The standard InChI is InChI=1S/C22H26BrN3O2/c1-6-8-17-20-18(12-19(27-4)21(17)28-5)22(26-14(3)25-20)24-13(2)15-9-7-10-16(23)11-15/h7,9-13H,6,8H2,1-5H3,(H,24,25,26)/t13-/m1/s1. The highest BCUT2D eigenvalue weighted by Crippen LogP contribution is 2.40. The maximum absolute atomic E-state index is 5.66. The van der Waals surface area contributed by atoms with Gasteiger partial charge in [-0.25, -0.2) is 9.97 Å². The predicted octanol–water partition coefficient (Wildman–Crippen LogP) is 5.84. The molecule has 0 saturated carbocycles. The van der Waals surface area contributed by atoms with E-state index < -0.39 is 0 Å². The SMILES string of the molecule is CCCc1c(OC)c(OC)cc2c(N[C@H](C)c3cccc(Br)c3)nc(C)nc12. The molecule has 0 bridgehead atoms. The summed E-state index contributed by atoms with van der Waals surface area (Å²) in [6, 6.07) is 10.3. The van der Waals surface area contributed by atoms with Crippen molar-refractivity contribution in [2.45, 2.75) is 39.7 Å². The van der Waals surface area contributed by atoms with Gasteiger partial charge >= 0.3 is 0 Å². The van der Waals surface area contributed by atoms with Crippen molar-refractivity contribution in [2.75, 3.05) is 19.5 Å². The fourth-order valence-electron chi connectivity index (χ4n) is 3.43. The Bertz CT molecular complexity index is 991. The Morgan fingerprint density at radius 2 is 1.93 bits per heavy atom. The largest absolute Gasteiger partial charge is 0.493 e. The fraction of sp³-hybridized carbons (Fsp3) is 0.364. The van der Waals surface area contributed by atoms with Crippen molar-refractivity contribution >= 4 is 32.7 Å². The number of rotatable bonds is 7. The maximum atomic E-state index is 5.66. The van der Waals surface area contributed by atoms with E-state index in [1.807, 2.05) is 25.1 Å². The van der Waals surface area contributed by atoms with Crippen LogP contribution in [0.15, 0.2) is 34.8 Å². The first-order valence-corrected chi connectivity index (χ1v) is 10.2. The van der Waals surface area contributed by atoms with Gasteiger partial charge in [-0.2, -0.15) is 0 Å². The lowest BCUT2D eigenvalue weighted by molar-refractivity contribution is 0.352. The highest BCUT2D eigenvalue weighted by atomic mass is 79.9. The number of aryl methyl sites for hydroxylation is 2. The lowest BCUT2D eigenvalue weighted by Crippen LogP contribution is -2.10. The van der Waals surface area contributed by atoms with E-state index >= 15 is 0 Å². The zero-order valence-corrected chi connectivity index (χ0v) is 18.6. The number of hydrogen-bond acceptors (Lipinski definition) is 5. The van der Waals surface area contributed by atoms with Gasteiger partial charge in [0.25, 0.3) is 0 Å². The molecule has 0 aliphatic carbocycles. The number of hydrogen-bond donors (Lipinski definition) is 1. The molecule has 0 unspecified atom stereocenters. The molecule has 28 heavy (non-hydrogen) atoms. The van der Waals surface area contributed by atoms with Crippen molar-refractivity contribution in [3.8, 4) is 11.5 Å². The molecule has 6 heteroatoms. The number of ether oxygens (including phenoxy) is 2. The van der Waals surface area contributed by atoms with Gasteiger partial charge in [-0.15, -0.1) is 0 Å². The van der Waals surface area contributed by atoms with Crippen molar-refractivity contribution in [1.29, 1.82) is 0 Å². The third kappa shape index (κ3) is 4.07. The molecule has 1 N–H and O–H groups in total. The second kappa shape index (κ2) is 8.78. The van der Waals surface area contributed by atoms with Gasteiger partial charge in [-0.1, -0.05) is 41.4 Å². The van der Waals surface area contributed by atoms with E-state index in [1.165, 1.54) is 5.56 Å². The molecule has 148 valence electrons. The molecule has 1 heterocycles. The van der Waals surface area contributed by atoms with Gasteiger partial charge in [0.1, 0.15) is 11.6 Å². The molecule has 0 spiro atoms. The molecular formula is C22H26BrN3O2. The molecule has 0 fully saturated rings. The van der Waals surface area contributed by atoms with Crippen LogP contribution in [0.4, 0.5) is 5.82 Å². The first kappa shape index (κ1) is 20.4. The summed E-state index contributed by atoms with van der Waals surface area (Å²) in [6.45, 7) is 6.19. The van der Waals surface area contributed by atoms with Gasteiger partial charge in [0.15, 0.2) is 11.5 Å². The first-order valence-electron chi connectivity index (χ1n) is 9.42. The van der Waals surface area contributed by atoms with E-state index in [0.717, 1.165) is 51.2 Å². The predicted molar refractivity (Wildman–Crippen MR) is 118 cm³/mol. The average molecular weight is 444 g/mol. The van der Waals surface area contributed by atoms with Crippen molar-refractivity contribution in [3.63, 3.8) is 0 Å². The molecule has 3 aromatic rings. The second-order valence-electron chi connectivity index (χ2n) is 6.78. The summed E-state index contributed by atoms with van der Waals surface area (Å²) < 4.78 is 12.3. The number of benzene rings is 2. The minimum atomic E-state index is 0.0812. The van der Waals surface area contributed by atoms with Crippen LogP contribution in [-0.2, 0) is 6.42 Å². The smallest absolute Gasteiger partial charge is 0.166 e. The second-order valence-corrected chi connectivity index (χ2v) is 7.69. The Morgan fingerprint density at radius 1 is 1.14 bits per heavy atom. The molecule has 0 saturated heterocycles. The van der Waals surface area contributed by atoms with E-state index in [2.05, 4.69) is 47.2 Å².